The first-order valence-corrected chi connectivity index (χ1v) is 9.78. The lowest BCUT2D eigenvalue weighted by Crippen LogP contribution is -2.01. The molecule has 0 saturated carbocycles. The lowest BCUT2D eigenvalue weighted by atomic mass is 10.2. The summed E-state index contributed by atoms with van der Waals surface area (Å²) in [5.41, 5.74) is 7.17. The van der Waals surface area contributed by atoms with Crippen LogP contribution < -0.4 is 0 Å². The van der Waals surface area contributed by atoms with Gasteiger partial charge in [0.25, 0.3) is 0 Å². The molecule has 0 amide bonds. The average molecular weight is 358 g/mol. The molecule has 4 nitrogen and oxygen atoms in total. The van der Waals surface area contributed by atoms with Crippen LogP contribution in [0.3, 0.4) is 0 Å². The van der Waals surface area contributed by atoms with E-state index in [-0.39, 0.29) is 0 Å². The molecular formula is C23H26N4. The first-order valence-electron chi connectivity index (χ1n) is 9.78. The normalized spacial score (nSPS) is 11.2. The number of aryl methyl sites for hydroxylation is 2. The summed E-state index contributed by atoms with van der Waals surface area (Å²) in [6.07, 6.45) is 10.5. The third kappa shape index (κ3) is 3.47. The molecule has 0 radical (unpaired) electrons. The first-order chi connectivity index (χ1) is 13.3. The van der Waals surface area contributed by atoms with Crippen LogP contribution in [0.15, 0.2) is 61.1 Å². The maximum absolute atomic E-state index is 4.61. The summed E-state index contributed by atoms with van der Waals surface area (Å²) in [6, 6.07) is 14.9. The Morgan fingerprint density at radius 1 is 0.815 bits per heavy atom. The molecule has 0 saturated heterocycles. The largest absolute Gasteiger partial charge is 0.360 e. The molecule has 4 rings (SSSR count). The molecule has 0 bridgehead atoms. The van der Waals surface area contributed by atoms with Crippen LogP contribution in [0.2, 0.25) is 0 Å². The van der Waals surface area contributed by atoms with E-state index < -0.39 is 0 Å². The van der Waals surface area contributed by atoms with Crippen LogP contribution in [0.25, 0.3) is 28.6 Å². The summed E-state index contributed by atoms with van der Waals surface area (Å²) in [6.45, 7) is 4.42. The Bertz CT molecular complexity index is 942. The van der Waals surface area contributed by atoms with Crippen LogP contribution >= 0.6 is 0 Å². The van der Waals surface area contributed by atoms with Crippen molar-refractivity contribution in [3.8, 4) is 28.6 Å². The average Bonchev–Trinajstić information content (AvgIpc) is 3.41. The number of hydrogen-bond acceptors (Lipinski definition) is 1. The van der Waals surface area contributed by atoms with Crippen molar-refractivity contribution in [2.24, 2.45) is 0 Å². The Kier molecular flexibility index (Phi) is 4.97. The molecule has 4 aromatic rings. The highest BCUT2D eigenvalue weighted by atomic mass is 15.1. The molecule has 0 aliphatic heterocycles. The molecule has 0 unspecified atom stereocenters. The van der Waals surface area contributed by atoms with Crippen molar-refractivity contribution >= 4 is 0 Å². The van der Waals surface area contributed by atoms with Gasteiger partial charge in [0.15, 0.2) is 0 Å². The van der Waals surface area contributed by atoms with Gasteiger partial charge in [0, 0.05) is 18.6 Å². The minimum Gasteiger partial charge on any atom is -0.360 e. The van der Waals surface area contributed by atoms with Gasteiger partial charge < -0.3 is 9.97 Å². The molecule has 0 spiro atoms. The predicted molar refractivity (Wildman–Crippen MR) is 111 cm³/mol. The fourth-order valence-corrected chi connectivity index (χ4v) is 3.63. The van der Waals surface area contributed by atoms with Crippen molar-refractivity contribution in [3.05, 3.63) is 72.2 Å². The Balaban J connectivity index is 1.83. The van der Waals surface area contributed by atoms with E-state index in [1.165, 1.54) is 11.1 Å². The fourth-order valence-electron chi connectivity index (χ4n) is 3.63. The van der Waals surface area contributed by atoms with Crippen molar-refractivity contribution in [3.63, 3.8) is 0 Å². The highest BCUT2D eigenvalue weighted by Gasteiger charge is 2.16. The number of aromatic amines is 2. The quantitative estimate of drug-likeness (QED) is 0.433. The van der Waals surface area contributed by atoms with Gasteiger partial charge in [-0.05, 0) is 60.4 Å². The molecule has 4 aromatic heterocycles. The lowest BCUT2D eigenvalue weighted by molar-refractivity contribution is 0.923. The van der Waals surface area contributed by atoms with Gasteiger partial charge in [-0.2, -0.15) is 0 Å². The van der Waals surface area contributed by atoms with E-state index in [1.54, 1.807) is 0 Å². The molecule has 4 heterocycles. The van der Waals surface area contributed by atoms with Gasteiger partial charge in [0.05, 0.1) is 22.8 Å². The van der Waals surface area contributed by atoms with Crippen LogP contribution in [0.1, 0.15) is 37.8 Å². The topological polar surface area (TPSA) is 49.4 Å². The summed E-state index contributed by atoms with van der Waals surface area (Å²) < 4.78 is 2.23. The van der Waals surface area contributed by atoms with Crippen LogP contribution in [0, 0.1) is 0 Å². The van der Waals surface area contributed by atoms with E-state index in [2.05, 4.69) is 76.1 Å². The molecule has 4 heteroatoms. The molecule has 27 heavy (non-hydrogen) atoms. The van der Waals surface area contributed by atoms with E-state index in [1.807, 2.05) is 18.3 Å². The first kappa shape index (κ1) is 17.4. The molecule has 138 valence electrons. The molecule has 0 aliphatic carbocycles. The van der Waals surface area contributed by atoms with Crippen molar-refractivity contribution in [2.45, 2.75) is 39.5 Å². The number of H-pyrrole nitrogens is 2. The molecule has 0 fully saturated rings. The Morgan fingerprint density at radius 2 is 1.41 bits per heavy atom. The molecule has 0 aromatic carbocycles. The molecule has 0 atom stereocenters. The second-order valence-corrected chi connectivity index (χ2v) is 6.97. The van der Waals surface area contributed by atoms with Crippen LogP contribution in [0.4, 0.5) is 0 Å². The summed E-state index contributed by atoms with van der Waals surface area (Å²) >= 11 is 0. The van der Waals surface area contributed by atoms with Crippen molar-refractivity contribution < 1.29 is 0 Å². The summed E-state index contributed by atoms with van der Waals surface area (Å²) in [5, 5.41) is 0. The van der Waals surface area contributed by atoms with Gasteiger partial charge in [-0.15, -0.1) is 0 Å². The minimum absolute atomic E-state index is 0.922. The van der Waals surface area contributed by atoms with Gasteiger partial charge >= 0.3 is 0 Å². The Labute approximate surface area is 160 Å². The zero-order valence-electron chi connectivity index (χ0n) is 16.0. The highest BCUT2D eigenvalue weighted by Crippen LogP contribution is 2.31. The zero-order valence-corrected chi connectivity index (χ0v) is 16.0. The second kappa shape index (κ2) is 7.70. The predicted octanol–water partition coefficient (Wildman–Crippen LogP) is 5.77. The van der Waals surface area contributed by atoms with Crippen LogP contribution in [-0.2, 0) is 12.8 Å². The van der Waals surface area contributed by atoms with E-state index >= 15 is 0 Å². The number of nitrogens with zero attached hydrogens (tertiary/aromatic N) is 2. The number of pyridine rings is 1. The Morgan fingerprint density at radius 3 is 1.89 bits per heavy atom. The van der Waals surface area contributed by atoms with E-state index in [4.69, 9.17) is 0 Å². The minimum atomic E-state index is 0.922. The van der Waals surface area contributed by atoms with Gasteiger partial charge in [0.2, 0.25) is 0 Å². The molecular weight excluding hydrogens is 332 g/mol. The SMILES string of the molecule is CCCc1c[nH]c(-c2ccc(-c3cc(CCC)c[nH]3)n2-c2ccccn2)c1. The van der Waals surface area contributed by atoms with Crippen molar-refractivity contribution in [1.29, 1.82) is 0 Å². The number of rotatable bonds is 7. The van der Waals surface area contributed by atoms with Gasteiger partial charge in [-0.1, -0.05) is 32.8 Å². The number of aromatic nitrogens is 4. The maximum Gasteiger partial charge on any atom is 0.137 e. The number of hydrogen-bond donors (Lipinski definition) is 2. The smallest absolute Gasteiger partial charge is 0.137 e. The summed E-state index contributed by atoms with van der Waals surface area (Å²) in [5.74, 6) is 0.922. The van der Waals surface area contributed by atoms with E-state index in [0.717, 1.165) is 54.3 Å². The third-order valence-electron chi connectivity index (χ3n) is 4.87. The van der Waals surface area contributed by atoms with Gasteiger partial charge in [-0.25, -0.2) is 4.98 Å². The second-order valence-electron chi connectivity index (χ2n) is 6.97. The number of nitrogens with one attached hydrogen (secondary N) is 2. The van der Waals surface area contributed by atoms with Crippen LogP contribution in [-0.4, -0.2) is 19.5 Å². The Hall–Kier alpha value is -3.01. The molecule has 2 N–H and O–H groups in total. The standard InChI is InChI=1S/C23H26N4/c1-3-7-17-13-19(25-15-17)21-10-11-22(20-14-18(8-4-2)16-26-20)27(21)23-9-5-6-12-24-23/h5-6,9-16,25-26H,3-4,7-8H2,1-2H3. The van der Waals surface area contributed by atoms with E-state index in [9.17, 15) is 0 Å². The fraction of sp³-hybridized carbons (Fsp3) is 0.261. The van der Waals surface area contributed by atoms with Gasteiger partial charge in [0.1, 0.15) is 5.82 Å². The molecule has 0 aliphatic rings. The third-order valence-corrected chi connectivity index (χ3v) is 4.87. The van der Waals surface area contributed by atoms with Crippen molar-refractivity contribution in [1.82, 2.24) is 19.5 Å². The lowest BCUT2D eigenvalue weighted by Gasteiger charge is -2.11. The summed E-state index contributed by atoms with van der Waals surface area (Å²) in [4.78, 5) is 11.5. The van der Waals surface area contributed by atoms with Gasteiger partial charge in [-0.3, -0.25) is 4.57 Å². The highest BCUT2D eigenvalue weighted by molar-refractivity contribution is 5.70. The van der Waals surface area contributed by atoms with Crippen molar-refractivity contribution in [2.75, 3.05) is 0 Å². The van der Waals surface area contributed by atoms with Crippen LogP contribution in [0.5, 0.6) is 0 Å². The maximum atomic E-state index is 4.61. The summed E-state index contributed by atoms with van der Waals surface area (Å²) in [7, 11) is 0. The monoisotopic (exact) mass is 358 g/mol. The zero-order chi connectivity index (χ0) is 18.6. The van der Waals surface area contributed by atoms with E-state index in [0.29, 0.717) is 0 Å².